The highest BCUT2D eigenvalue weighted by atomic mass is 16.2. The van der Waals surface area contributed by atoms with Crippen LogP contribution in [0.2, 0.25) is 0 Å². The number of carbonyl (C=O) groups excluding carboxylic acids is 2. The molecule has 122 valence electrons. The molecule has 2 heterocycles. The summed E-state index contributed by atoms with van der Waals surface area (Å²) in [6.45, 7) is 2.41. The maximum Gasteiger partial charge on any atom is 0.254 e. The van der Waals surface area contributed by atoms with Gasteiger partial charge in [0.05, 0.1) is 12.0 Å². The van der Waals surface area contributed by atoms with E-state index in [4.69, 9.17) is 0 Å². The van der Waals surface area contributed by atoms with Gasteiger partial charge in [-0.1, -0.05) is 18.2 Å². The van der Waals surface area contributed by atoms with Gasteiger partial charge < -0.3 is 9.80 Å². The standard InChI is InChI=1S/C19H24N2O2/c22-17-12-19(14-20(17)13-15-8-9-15)10-4-5-11-21(19)18(23)16-6-2-1-3-7-16/h1-3,6-7,15H,4-5,8-14H2. The lowest BCUT2D eigenvalue weighted by atomic mass is 9.85. The molecule has 0 radical (unpaired) electrons. The van der Waals surface area contributed by atoms with Gasteiger partial charge in [-0.25, -0.2) is 0 Å². The first-order chi connectivity index (χ1) is 11.2. The Morgan fingerprint density at radius 3 is 2.70 bits per heavy atom. The van der Waals surface area contributed by atoms with E-state index in [1.165, 1.54) is 12.8 Å². The lowest BCUT2D eigenvalue weighted by Crippen LogP contribution is -2.56. The van der Waals surface area contributed by atoms with Crippen LogP contribution >= 0.6 is 0 Å². The lowest BCUT2D eigenvalue weighted by molar-refractivity contribution is -0.128. The largest absolute Gasteiger partial charge is 0.340 e. The van der Waals surface area contributed by atoms with Crippen LogP contribution in [0.3, 0.4) is 0 Å². The second kappa shape index (κ2) is 5.66. The Morgan fingerprint density at radius 1 is 1.17 bits per heavy atom. The van der Waals surface area contributed by atoms with Crippen molar-refractivity contribution in [3.8, 4) is 0 Å². The molecule has 1 saturated carbocycles. The summed E-state index contributed by atoms with van der Waals surface area (Å²) in [5.41, 5.74) is 0.471. The molecule has 2 amide bonds. The zero-order chi connectivity index (χ0) is 15.9. The molecular formula is C19H24N2O2. The van der Waals surface area contributed by atoms with Gasteiger partial charge in [0.25, 0.3) is 5.91 Å². The van der Waals surface area contributed by atoms with Gasteiger partial charge in [-0.3, -0.25) is 9.59 Å². The maximum absolute atomic E-state index is 13.0. The first kappa shape index (κ1) is 14.7. The second-order valence-corrected chi connectivity index (χ2v) is 7.40. The van der Waals surface area contributed by atoms with Gasteiger partial charge in [-0.15, -0.1) is 0 Å². The molecular weight excluding hydrogens is 288 g/mol. The quantitative estimate of drug-likeness (QED) is 0.861. The minimum Gasteiger partial charge on any atom is -0.340 e. The van der Waals surface area contributed by atoms with Crippen molar-refractivity contribution in [3.05, 3.63) is 35.9 Å². The number of carbonyl (C=O) groups is 2. The number of benzene rings is 1. The minimum atomic E-state index is -0.267. The van der Waals surface area contributed by atoms with Crippen molar-refractivity contribution in [2.24, 2.45) is 5.92 Å². The average molecular weight is 312 g/mol. The summed E-state index contributed by atoms with van der Waals surface area (Å²) >= 11 is 0. The van der Waals surface area contributed by atoms with Crippen LogP contribution in [0.1, 0.15) is 48.9 Å². The van der Waals surface area contributed by atoms with E-state index in [0.717, 1.165) is 44.5 Å². The third-order valence-corrected chi connectivity index (χ3v) is 5.61. The summed E-state index contributed by atoms with van der Waals surface area (Å²) in [6.07, 6.45) is 6.13. The highest BCUT2D eigenvalue weighted by molar-refractivity contribution is 5.95. The third kappa shape index (κ3) is 2.75. The van der Waals surface area contributed by atoms with Crippen molar-refractivity contribution < 1.29 is 9.59 Å². The molecule has 4 rings (SSSR count). The molecule has 0 N–H and O–H groups in total. The Balaban J connectivity index is 1.58. The molecule has 1 spiro atoms. The van der Waals surface area contributed by atoms with Crippen LogP contribution in [0.5, 0.6) is 0 Å². The summed E-state index contributed by atoms with van der Waals surface area (Å²) < 4.78 is 0. The Kier molecular flexibility index (Phi) is 3.63. The molecule has 3 aliphatic rings. The Morgan fingerprint density at radius 2 is 1.96 bits per heavy atom. The van der Waals surface area contributed by atoms with Crippen molar-refractivity contribution in [2.45, 2.75) is 44.1 Å². The van der Waals surface area contributed by atoms with E-state index < -0.39 is 0 Å². The first-order valence-electron chi connectivity index (χ1n) is 8.83. The van der Waals surface area contributed by atoms with Gasteiger partial charge >= 0.3 is 0 Å². The van der Waals surface area contributed by atoms with Crippen LogP contribution in [0, 0.1) is 5.92 Å². The van der Waals surface area contributed by atoms with Crippen LogP contribution in [-0.4, -0.2) is 46.8 Å². The van der Waals surface area contributed by atoms with E-state index in [1.54, 1.807) is 0 Å². The van der Waals surface area contributed by atoms with E-state index in [2.05, 4.69) is 0 Å². The number of likely N-dealkylation sites (tertiary alicyclic amines) is 2. The predicted octanol–water partition coefficient (Wildman–Crippen LogP) is 2.69. The van der Waals surface area contributed by atoms with Crippen molar-refractivity contribution in [2.75, 3.05) is 19.6 Å². The lowest BCUT2D eigenvalue weighted by Gasteiger charge is -2.44. The van der Waals surface area contributed by atoms with Crippen molar-refractivity contribution in [1.29, 1.82) is 0 Å². The van der Waals surface area contributed by atoms with Gasteiger partial charge in [0.15, 0.2) is 0 Å². The summed E-state index contributed by atoms with van der Waals surface area (Å²) in [5, 5.41) is 0. The molecule has 3 fully saturated rings. The third-order valence-electron chi connectivity index (χ3n) is 5.61. The summed E-state index contributed by atoms with van der Waals surface area (Å²) in [5.74, 6) is 1.03. The number of nitrogens with zero attached hydrogens (tertiary/aromatic N) is 2. The number of rotatable bonds is 3. The summed E-state index contributed by atoms with van der Waals surface area (Å²) in [6, 6.07) is 9.50. The fourth-order valence-electron chi connectivity index (χ4n) is 4.17. The topological polar surface area (TPSA) is 40.6 Å². The number of hydrogen-bond donors (Lipinski definition) is 0. The van der Waals surface area contributed by atoms with E-state index in [-0.39, 0.29) is 17.4 Å². The van der Waals surface area contributed by atoms with Crippen molar-refractivity contribution in [1.82, 2.24) is 9.80 Å². The number of hydrogen-bond acceptors (Lipinski definition) is 2. The molecule has 1 aliphatic carbocycles. The predicted molar refractivity (Wildman–Crippen MR) is 88.0 cm³/mol. The monoisotopic (exact) mass is 312 g/mol. The Bertz CT molecular complexity index is 611. The molecule has 2 saturated heterocycles. The average Bonchev–Trinajstić information content (AvgIpc) is 3.33. The first-order valence-corrected chi connectivity index (χ1v) is 8.83. The second-order valence-electron chi connectivity index (χ2n) is 7.40. The SMILES string of the molecule is O=C1CC2(CCCCN2C(=O)c2ccccc2)CN1CC1CC1. The molecule has 1 aromatic rings. The molecule has 2 aliphatic heterocycles. The molecule has 1 unspecified atom stereocenters. The van der Waals surface area contributed by atoms with Crippen LogP contribution in [0.25, 0.3) is 0 Å². The Hall–Kier alpha value is -1.84. The maximum atomic E-state index is 13.0. The smallest absolute Gasteiger partial charge is 0.254 e. The number of amides is 2. The molecule has 0 bridgehead atoms. The summed E-state index contributed by atoms with van der Waals surface area (Å²) in [4.78, 5) is 29.5. The van der Waals surface area contributed by atoms with Gasteiger partial charge in [0.1, 0.15) is 0 Å². The molecule has 4 nitrogen and oxygen atoms in total. The van der Waals surface area contributed by atoms with Gasteiger partial charge in [0.2, 0.25) is 5.91 Å². The van der Waals surface area contributed by atoms with Crippen LogP contribution in [0.4, 0.5) is 0 Å². The van der Waals surface area contributed by atoms with Crippen molar-refractivity contribution >= 4 is 11.8 Å². The molecule has 1 aromatic carbocycles. The van der Waals surface area contributed by atoms with Crippen LogP contribution in [-0.2, 0) is 4.79 Å². The van der Waals surface area contributed by atoms with E-state index in [9.17, 15) is 9.59 Å². The molecule has 0 aromatic heterocycles. The molecule has 4 heteroatoms. The van der Waals surface area contributed by atoms with Crippen molar-refractivity contribution in [3.63, 3.8) is 0 Å². The fraction of sp³-hybridized carbons (Fsp3) is 0.579. The minimum absolute atomic E-state index is 0.0892. The van der Waals surface area contributed by atoms with E-state index >= 15 is 0 Å². The zero-order valence-corrected chi connectivity index (χ0v) is 13.5. The Labute approximate surface area is 137 Å². The van der Waals surface area contributed by atoms with Crippen LogP contribution in [0.15, 0.2) is 30.3 Å². The van der Waals surface area contributed by atoms with Gasteiger partial charge in [0, 0.05) is 25.2 Å². The number of piperidine rings is 1. The van der Waals surface area contributed by atoms with Gasteiger partial charge in [-0.05, 0) is 50.2 Å². The zero-order valence-electron chi connectivity index (χ0n) is 13.5. The fourth-order valence-corrected chi connectivity index (χ4v) is 4.17. The highest BCUT2D eigenvalue weighted by Gasteiger charge is 2.50. The van der Waals surface area contributed by atoms with E-state index in [0.29, 0.717) is 12.3 Å². The molecule has 1 atom stereocenters. The normalized spacial score (nSPS) is 27.7. The highest BCUT2D eigenvalue weighted by Crippen LogP contribution is 2.40. The van der Waals surface area contributed by atoms with Crippen LogP contribution < -0.4 is 0 Å². The summed E-state index contributed by atoms with van der Waals surface area (Å²) in [7, 11) is 0. The molecule has 23 heavy (non-hydrogen) atoms. The van der Waals surface area contributed by atoms with E-state index in [1.807, 2.05) is 40.1 Å². The van der Waals surface area contributed by atoms with Gasteiger partial charge in [-0.2, -0.15) is 0 Å².